The second kappa shape index (κ2) is 5.83. The van der Waals surface area contributed by atoms with Crippen LogP contribution < -0.4 is 0 Å². The van der Waals surface area contributed by atoms with Gasteiger partial charge in [0, 0.05) is 23.7 Å². The fourth-order valence-corrected chi connectivity index (χ4v) is 7.44. The standard InChI is InChI=1S/C24H38O3/c1-21(2)14-26-24(27-15-21)12-11-22(3)16(13-24)5-6-17-18-7-8-20(25)23(18,4)10-9-19(17)22/h9,16-18,20,25H,5-8,10-15H2,1-4H3/t16?,17?,18?,20-,22?,23-/m0/s1. The molecule has 6 atom stereocenters. The molecule has 0 aromatic heterocycles. The maximum absolute atomic E-state index is 10.6. The van der Waals surface area contributed by atoms with Crippen LogP contribution in [-0.4, -0.2) is 30.2 Å². The minimum atomic E-state index is -0.320. The zero-order valence-electron chi connectivity index (χ0n) is 17.7. The molecule has 4 fully saturated rings. The summed E-state index contributed by atoms with van der Waals surface area (Å²) in [4.78, 5) is 0. The first kappa shape index (κ1) is 18.6. The van der Waals surface area contributed by atoms with E-state index >= 15 is 0 Å². The molecule has 1 heterocycles. The summed E-state index contributed by atoms with van der Waals surface area (Å²) in [7, 11) is 0. The minimum Gasteiger partial charge on any atom is -0.393 e. The number of hydrogen-bond acceptors (Lipinski definition) is 3. The maximum atomic E-state index is 10.6. The van der Waals surface area contributed by atoms with E-state index in [4.69, 9.17) is 9.47 Å². The molecule has 1 aliphatic heterocycles. The van der Waals surface area contributed by atoms with E-state index < -0.39 is 0 Å². The summed E-state index contributed by atoms with van der Waals surface area (Å²) in [6.45, 7) is 11.0. The van der Waals surface area contributed by atoms with Crippen molar-refractivity contribution in [3.63, 3.8) is 0 Å². The first-order chi connectivity index (χ1) is 12.7. The zero-order valence-corrected chi connectivity index (χ0v) is 17.7. The second-order valence-electron chi connectivity index (χ2n) is 11.7. The number of hydrogen-bond donors (Lipinski definition) is 1. The summed E-state index contributed by atoms with van der Waals surface area (Å²) in [5, 5.41) is 10.6. The summed E-state index contributed by atoms with van der Waals surface area (Å²) in [6, 6.07) is 0. The summed E-state index contributed by atoms with van der Waals surface area (Å²) in [6.07, 6.45) is 11.6. The van der Waals surface area contributed by atoms with Crippen LogP contribution in [0.15, 0.2) is 11.6 Å². The van der Waals surface area contributed by atoms with Crippen LogP contribution in [0.3, 0.4) is 0 Å². The Morgan fingerprint density at radius 2 is 1.70 bits per heavy atom. The van der Waals surface area contributed by atoms with Crippen molar-refractivity contribution in [2.45, 2.75) is 91.0 Å². The largest absolute Gasteiger partial charge is 0.393 e. The van der Waals surface area contributed by atoms with Crippen molar-refractivity contribution < 1.29 is 14.6 Å². The van der Waals surface area contributed by atoms with E-state index in [0.29, 0.717) is 23.2 Å². The third-order valence-electron chi connectivity index (χ3n) is 9.43. The molecule has 1 N–H and O–H groups in total. The highest BCUT2D eigenvalue weighted by Crippen LogP contribution is 2.65. The summed E-state index contributed by atoms with van der Waals surface area (Å²) in [5.74, 6) is 1.73. The van der Waals surface area contributed by atoms with E-state index in [1.54, 1.807) is 5.57 Å². The van der Waals surface area contributed by atoms with Gasteiger partial charge in [0.1, 0.15) is 0 Å². The van der Waals surface area contributed by atoms with Crippen LogP contribution >= 0.6 is 0 Å². The van der Waals surface area contributed by atoms with E-state index in [0.717, 1.165) is 38.9 Å². The quantitative estimate of drug-likeness (QED) is 0.601. The highest BCUT2D eigenvalue weighted by molar-refractivity contribution is 5.29. The summed E-state index contributed by atoms with van der Waals surface area (Å²) in [5.41, 5.74) is 2.31. The fourth-order valence-electron chi connectivity index (χ4n) is 7.44. The molecule has 4 aliphatic carbocycles. The SMILES string of the molecule is CC1(C)COC2(CCC3(C)C4=CC[C@@]5(C)C(CC[C@@H]5O)C4CCC3C2)OC1. The molecular formula is C24H38O3. The Bertz CT molecular complexity index is 642. The van der Waals surface area contributed by atoms with Crippen molar-refractivity contribution in [1.29, 1.82) is 0 Å². The van der Waals surface area contributed by atoms with Crippen molar-refractivity contribution in [1.82, 2.24) is 0 Å². The first-order valence-electron chi connectivity index (χ1n) is 11.3. The van der Waals surface area contributed by atoms with E-state index in [-0.39, 0.29) is 22.7 Å². The molecule has 152 valence electrons. The predicted octanol–water partition coefficient (Wildman–Crippen LogP) is 5.08. The number of fused-ring (bicyclic) bond motifs is 5. The summed E-state index contributed by atoms with van der Waals surface area (Å²) >= 11 is 0. The van der Waals surface area contributed by atoms with Crippen molar-refractivity contribution in [2.24, 2.45) is 34.0 Å². The van der Waals surface area contributed by atoms with Crippen LogP contribution in [0.5, 0.6) is 0 Å². The average molecular weight is 375 g/mol. The predicted molar refractivity (Wildman–Crippen MR) is 106 cm³/mol. The van der Waals surface area contributed by atoms with Crippen LogP contribution in [0.25, 0.3) is 0 Å². The normalized spacial score (nSPS) is 50.5. The first-order valence-corrected chi connectivity index (χ1v) is 11.3. The van der Waals surface area contributed by atoms with Gasteiger partial charge in [-0.15, -0.1) is 0 Å². The topological polar surface area (TPSA) is 38.7 Å². The highest BCUT2D eigenvalue weighted by Gasteiger charge is 2.59. The van der Waals surface area contributed by atoms with Crippen LogP contribution in [0.4, 0.5) is 0 Å². The lowest BCUT2D eigenvalue weighted by Gasteiger charge is -2.59. The van der Waals surface area contributed by atoms with Crippen LogP contribution in [0, 0.1) is 34.0 Å². The Morgan fingerprint density at radius 1 is 0.963 bits per heavy atom. The minimum absolute atomic E-state index is 0.104. The molecule has 5 aliphatic rings. The van der Waals surface area contributed by atoms with Gasteiger partial charge in [-0.05, 0) is 61.7 Å². The van der Waals surface area contributed by atoms with Crippen LogP contribution in [-0.2, 0) is 9.47 Å². The fraction of sp³-hybridized carbons (Fsp3) is 0.917. The third kappa shape index (κ3) is 2.64. The number of rotatable bonds is 0. The Hall–Kier alpha value is -0.380. The molecule has 5 rings (SSSR count). The smallest absolute Gasteiger partial charge is 0.168 e. The monoisotopic (exact) mass is 374 g/mol. The van der Waals surface area contributed by atoms with Crippen molar-refractivity contribution in [3.05, 3.63) is 11.6 Å². The van der Waals surface area contributed by atoms with Gasteiger partial charge in [0.05, 0.1) is 19.3 Å². The van der Waals surface area contributed by atoms with Crippen molar-refractivity contribution in [2.75, 3.05) is 13.2 Å². The molecule has 0 bridgehead atoms. The number of ether oxygens (including phenoxy) is 2. The van der Waals surface area contributed by atoms with Crippen molar-refractivity contribution >= 4 is 0 Å². The molecule has 0 aromatic rings. The van der Waals surface area contributed by atoms with Crippen LogP contribution in [0.1, 0.15) is 79.1 Å². The molecule has 1 saturated heterocycles. The Balaban J connectivity index is 1.39. The maximum Gasteiger partial charge on any atom is 0.168 e. The van der Waals surface area contributed by atoms with Crippen molar-refractivity contribution in [3.8, 4) is 0 Å². The second-order valence-corrected chi connectivity index (χ2v) is 11.7. The molecule has 4 unspecified atom stereocenters. The van der Waals surface area contributed by atoms with Gasteiger partial charge in [-0.1, -0.05) is 39.3 Å². The molecule has 27 heavy (non-hydrogen) atoms. The summed E-state index contributed by atoms with van der Waals surface area (Å²) < 4.78 is 12.8. The molecule has 0 amide bonds. The van der Waals surface area contributed by atoms with Gasteiger partial charge >= 0.3 is 0 Å². The molecule has 0 aromatic carbocycles. The average Bonchev–Trinajstić information content (AvgIpc) is 2.94. The molecule has 0 radical (unpaired) electrons. The Morgan fingerprint density at radius 3 is 2.44 bits per heavy atom. The third-order valence-corrected chi connectivity index (χ3v) is 9.43. The van der Waals surface area contributed by atoms with Gasteiger partial charge in [0.25, 0.3) is 0 Å². The van der Waals surface area contributed by atoms with Gasteiger partial charge < -0.3 is 14.6 Å². The lowest BCUT2D eigenvalue weighted by molar-refractivity contribution is -0.323. The van der Waals surface area contributed by atoms with Crippen LogP contribution in [0.2, 0.25) is 0 Å². The van der Waals surface area contributed by atoms with E-state index in [1.807, 2.05) is 0 Å². The van der Waals surface area contributed by atoms with Gasteiger partial charge in [-0.2, -0.15) is 0 Å². The van der Waals surface area contributed by atoms with Gasteiger partial charge in [0.2, 0.25) is 0 Å². The lowest BCUT2D eigenvalue weighted by atomic mass is 9.49. The molecule has 3 heteroatoms. The Labute approximate surface area is 164 Å². The van der Waals surface area contributed by atoms with Gasteiger partial charge in [0.15, 0.2) is 5.79 Å². The molecule has 1 spiro atoms. The van der Waals surface area contributed by atoms with E-state index in [1.165, 1.54) is 25.7 Å². The van der Waals surface area contributed by atoms with Gasteiger partial charge in [-0.3, -0.25) is 0 Å². The highest BCUT2D eigenvalue weighted by atomic mass is 16.7. The number of aliphatic hydroxyl groups excluding tert-OH is 1. The number of aliphatic hydroxyl groups is 1. The van der Waals surface area contributed by atoms with Gasteiger partial charge in [-0.25, -0.2) is 0 Å². The molecule has 3 nitrogen and oxygen atoms in total. The van der Waals surface area contributed by atoms with E-state index in [2.05, 4.69) is 33.8 Å². The Kier molecular flexibility index (Phi) is 4.02. The van der Waals surface area contributed by atoms with E-state index in [9.17, 15) is 5.11 Å². The lowest BCUT2D eigenvalue weighted by Crippen LogP contribution is -2.56. The number of allylic oxidation sites excluding steroid dienone is 2. The zero-order chi connectivity index (χ0) is 19.1. The molecular weight excluding hydrogens is 336 g/mol. The molecule has 3 saturated carbocycles.